The molecule has 1 aromatic rings. The minimum absolute atomic E-state index is 0.233. The third kappa shape index (κ3) is 4.29. The summed E-state index contributed by atoms with van der Waals surface area (Å²) in [5.41, 5.74) is 11.7. The number of amides is 1. The molecule has 0 saturated heterocycles. The molecule has 0 aliphatic carbocycles. The van der Waals surface area contributed by atoms with Crippen LogP contribution in [0.2, 0.25) is 0 Å². The summed E-state index contributed by atoms with van der Waals surface area (Å²) in [7, 11) is 0. The van der Waals surface area contributed by atoms with Gasteiger partial charge in [-0.25, -0.2) is 4.79 Å². The van der Waals surface area contributed by atoms with Gasteiger partial charge in [-0.1, -0.05) is 30.3 Å². The van der Waals surface area contributed by atoms with Crippen LogP contribution in [0.5, 0.6) is 0 Å². The molecule has 0 saturated carbocycles. The number of alkyl carbamates (subject to hydrolysis) is 1. The van der Waals surface area contributed by atoms with Gasteiger partial charge in [-0.2, -0.15) is 0 Å². The largest absolute Gasteiger partial charge is 0.445 e. The Morgan fingerprint density at radius 2 is 1.88 bits per heavy atom. The summed E-state index contributed by atoms with van der Waals surface area (Å²) < 4.78 is 5.00. The molecular formula is C11H17N3O2. The van der Waals surface area contributed by atoms with E-state index in [-0.39, 0.29) is 12.6 Å². The lowest BCUT2D eigenvalue weighted by atomic mass is 10.2. The highest BCUT2D eigenvalue weighted by Crippen LogP contribution is 2.00. The lowest BCUT2D eigenvalue weighted by molar-refractivity contribution is 0.136. The van der Waals surface area contributed by atoms with Gasteiger partial charge in [0.15, 0.2) is 0 Å². The molecule has 0 heterocycles. The second-order valence-corrected chi connectivity index (χ2v) is 3.37. The van der Waals surface area contributed by atoms with E-state index in [0.29, 0.717) is 13.1 Å². The summed E-state index contributed by atoms with van der Waals surface area (Å²) >= 11 is 0. The van der Waals surface area contributed by atoms with Crippen molar-refractivity contribution in [3.05, 3.63) is 35.9 Å². The van der Waals surface area contributed by atoms with E-state index in [1.54, 1.807) is 0 Å². The topological polar surface area (TPSA) is 90.4 Å². The molecule has 0 aliphatic heterocycles. The number of nitrogens with one attached hydrogen (secondary N) is 1. The van der Waals surface area contributed by atoms with Crippen molar-refractivity contribution in [2.24, 2.45) is 11.5 Å². The summed E-state index contributed by atoms with van der Waals surface area (Å²) in [6, 6.07) is 9.22. The maximum Gasteiger partial charge on any atom is 0.407 e. The predicted molar refractivity (Wildman–Crippen MR) is 61.7 cm³/mol. The Hall–Kier alpha value is -1.59. The SMILES string of the molecule is NCC(CN)NC(=O)OCc1ccccc1. The molecule has 0 bridgehead atoms. The van der Waals surface area contributed by atoms with E-state index in [0.717, 1.165) is 5.56 Å². The summed E-state index contributed by atoms with van der Waals surface area (Å²) in [4.78, 5) is 11.3. The third-order valence-corrected chi connectivity index (χ3v) is 2.10. The zero-order valence-electron chi connectivity index (χ0n) is 9.06. The Bertz CT molecular complexity index is 312. The molecule has 0 atom stereocenters. The summed E-state index contributed by atoms with van der Waals surface area (Å²) in [5, 5.41) is 2.58. The number of hydrogen-bond donors (Lipinski definition) is 3. The number of rotatable bonds is 5. The first-order valence-electron chi connectivity index (χ1n) is 5.13. The van der Waals surface area contributed by atoms with Gasteiger partial charge in [-0.3, -0.25) is 0 Å². The molecule has 0 fully saturated rings. The van der Waals surface area contributed by atoms with E-state index < -0.39 is 6.09 Å². The molecule has 0 aromatic heterocycles. The standard InChI is InChI=1S/C11H17N3O2/c12-6-10(7-13)14-11(15)16-8-9-4-2-1-3-5-9/h1-5,10H,6-8,12-13H2,(H,14,15). The first-order valence-corrected chi connectivity index (χ1v) is 5.13. The van der Waals surface area contributed by atoms with Gasteiger partial charge in [0.1, 0.15) is 6.61 Å². The second-order valence-electron chi connectivity index (χ2n) is 3.37. The van der Waals surface area contributed by atoms with Crippen molar-refractivity contribution in [1.29, 1.82) is 0 Å². The average Bonchev–Trinajstić information content (AvgIpc) is 2.34. The Labute approximate surface area is 94.8 Å². The molecular weight excluding hydrogens is 206 g/mol. The van der Waals surface area contributed by atoms with Crippen LogP contribution in [-0.4, -0.2) is 25.2 Å². The van der Waals surface area contributed by atoms with Gasteiger partial charge >= 0.3 is 6.09 Å². The highest BCUT2D eigenvalue weighted by atomic mass is 16.5. The molecule has 0 unspecified atom stereocenters. The monoisotopic (exact) mass is 223 g/mol. The Morgan fingerprint density at radius 3 is 2.44 bits per heavy atom. The van der Waals surface area contributed by atoms with E-state index in [2.05, 4.69) is 5.32 Å². The fourth-order valence-electron chi connectivity index (χ4n) is 1.15. The fraction of sp³-hybridized carbons (Fsp3) is 0.364. The Balaban J connectivity index is 2.30. The summed E-state index contributed by atoms with van der Waals surface area (Å²) in [6.07, 6.45) is -0.496. The van der Waals surface area contributed by atoms with Crippen molar-refractivity contribution >= 4 is 6.09 Å². The molecule has 88 valence electrons. The summed E-state index contributed by atoms with van der Waals surface area (Å²) in [6.45, 7) is 0.850. The van der Waals surface area contributed by atoms with E-state index in [9.17, 15) is 4.79 Å². The Kier molecular flexibility index (Phi) is 5.31. The van der Waals surface area contributed by atoms with Crippen LogP contribution >= 0.6 is 0 Å². The number of hydrogen-bond acceptors (Lipinski definition) is 4. The van der Waals surface area contributed by atoms with Gasteiger partial charge in [-0.05, 0) is 5.56 Å². The van der Waals surface area contributed by atoms with Crippen molar-refractivity contribution in [2.45, 2.75) is 12.6 Å². The van der Waals surface area contributed by atoms with E-state index in [1.807, 2.05) is 30.3 Å². The smallest absolute Gasteiger partial charge is 0.407 e. The van der Waals surface area contributed by atoms with Crippen molar-refractivity contribution in [1.82, 2.24) is 5.32 Å². The van der Waals surface area contributed by atoms with Gasteiger partial charge in [-0.15, -0.1) is 0 Å². The normalized spacial score (nSPS) is 10.2. The minimum atomic E-state index is -0.496. The Morgan fingerprint density at radius 1 is 1.25 bits per heavy atom. The number of benzene rings is 1. The van der Waals surface area contributed by atoms with Crippen LogP contribution in [0.4, 0.5) is 4.79 Å². The van der Waals surface area contributed by atoms with Crippen molar-refractivity contribution in [3.63, 3.8) is 0 Å². The van der Waals surface area contributed by atoms with Gasteiger partial charge in [0.05, 0.1) is 6.04 Å². The molecule has 1 amide bonds. The summed E-state index contributed by atoms with van der Waals surface area (Å²) in [5.74, 6) is 0. The maximum absolute atomic E-state index is 11.3. The molecule has 16 heavy (non-hydrogen) atoms. The molecule has 0 spiro atoms. The molecule has 5 heteroatoms. The quantitative estimate of drug-likeness (QED) is 0.665. The molecule has 1 aromatic carbocycles. The zero-order valence-corrected chi connectivity index (χ0v) is 9.06. The third-order valence-electron chi connectivity index (χ3n) is 2.10. The van der Waals surface area contributed by atoms with Crippen molar-refractivity contribution in [3.8, 4) is 0 Å². The molecule has 0 radical (unpaired) electrons. The van der Waals surface area contributed by atoms with Crippen LogP contribution in [0.15, 0.2) is 30.3 Å². The van der Waals surface area contributed by atoms with Crippen molar-refractivity contribution < 1.29 is 9.53 Å². The van der Waals surface area contributed by atoms with E-state index in [4.69, 9.17) is 16.2 Å². The van der Waals surface area contributed by atoms with Crippen molar-refractivity contribution in [2.75, 3.05) is 13.1 Å². The van der Waals surface area contributed by atoms with Gasteiger partial charge in [0.2, 0.25) is 0 Å². The van der Waals surface area contributed by atoms with E-state index in [1.165, 1.54) is 0 Å². The molecule has 1 rings (SSSR count). The van der Waals surface area contributed by atoms with Crippen LogP contribution in [0, 0.1) is 0 Å². The molecule has 5 nitrogen and oxygen atoms in total. The van der Waals surface area contributed by atoms with Gasteiger partial charge < -0.3 is 21.5 Å². The minimum Gasteiger partial charge on any atom is -0.445 e. The molecule has 5 N–H and O–H groups in total. The van der Waals surface area contributed by atoms with Crippen LogP contribution in [0.3, 0.4) is 0 Å². The highest BCUT2D eigenvalue weighted by molar-refractivity contribution is 5.67. The second kappa shape index (κ2) is 6.81. The van der Waals surface area contributed by atoms with Crippen LogP contribution in [-0.2, 0) is 11.3 Å². The number of carbonyl (C=O) groups is 1. The van der Waals surface area contributed by atoms with Crippen LogP contribution in [0.25, 0.3) is 0 Å². The first kappa shape index (κ1) is 12.5. The van der Waals surface area contributed by atoms with E-state index >= 15 is 0 Å². The highest BCUT2D eigenvalue weighted by Gasteiger charge is 2.09. The lowest BCUT2D eigenvalue weighted by Crippen LogP contribution is -2.45. The predicted octanol–water partition coefficient (Wildman–Crippen LogP) is 0.199. The van der Waals surface area contributed by atoms with Crippen LogP contribution < -0.4 is 16.8 Å². The number of ether oxygens (including phenoxy) is 1. The van der Waals surface area contributed by atoms with Crippen LogP contribution in [0.1, 0.15) is 5.56 Å². The molecule has 0 aliphatic rings. The van der Waals surface area contributed by atoms with Gasteiger partial charge in [0.25, 0.3) is 0 Å². The zero-order chi connectivity index (χ0) is 11.8. The number of nitrogens with two attached hydrogens (primary N) is 2. The maximum atomic E-state index is 11.3. The first-order chi connectivity index (χ1) is 7.76. The van der Waals surface area contributed by atoms with Gasteiger partial charge in [0, 0.05) is 13.1 Å². The average molecular weight is 223 g/mol. The number of carbonyl (C=O) groups excluding carboxylic acids is 1. The fourth-order valence-corrected chi connectivity index (χ4v) is 1.15. The lowest BCUT2D eigenvalue weighted by Gasteiger charge is -2.14.